The molecule has 0 saturated heterocycles. The van der Waals surface area contributed by atoms with Crippen LogP contribution in [-0.4, -0.2) is 15.3 Å². The van der Waals surface area contributed by atoms with Crippen LogP contribution >= 0.6 is 0 Å². The second-order valence-electron chi connectivity index (χ2n) is 4.53. The van der Waals surface area contributed by atoms with Crippen LogP contribution < -0.4 is 0 Å². The minimum Gasteiger partial charge on any atom is -0.504 e. The molecule has 2 aromatic carbocycles. The summed E-state index contributed by atoms with van der Waals surface area (Å²) in [7, 11) is 0. The van der Waals surface area contributed by atoms with E-state index in [9.17, 15) is 15.3 Å². The lowest BCUT2D eigenvalue weighted by Crippen LogP contribution is -1.90. The molecule has 0 amide bonds. The summed E-state index contributed by atoms with van der Waals surface area (Å²) in [6.45, 7) is 4.02. The van der Waals surface area contributed by atoms with Gasteiger partial charge in [0.1, 0.15) is 0 Å². The summed E-state index contributed by atoms with van der Waals surface area (Å²) in [5, 5.41) is 29.3. The Bertz CT molecular complexity index is 586. The number of aryl methyl sites for hydroxylation is 2. The second-order valence-corrected chi connectivity index (χ2v) is 4.53. The maximum Gasteiger partial charge on any atom is 0.200 e. The molecule has 0 saturated carbocycles. The van der Waals surface area contributed by atoms with Gasteiger partial charge in [-0.15, -0.1) is 0 Å². The first-order chi connectivity index (χ1) is 9.08. The van der Waals surface area contributed by atoms with Crippen molar-refractivity contribution in [2.45, 2.75) is 26.7 Å². The molecule has 19 heavy (non-hydrogen) atoms. The minimum atomic E-state index is -0.466. The molecule has 3 nitrogen and oxygen atoms in total. The maximum absolute atomic E-state index is 10.1. The molecule has 0 bridgehead atoms. The lowest BCUT2D eigenvalue weighted by molar-refractivity contribution is 0.368. The third-order valence-corrected chi connectivity index (χ3v) is 3.37. The van der Waals surface area contributed by atoms with Crippen LogP contribution in [0.5, 0.6) is 17.2 Å². The van der Waals surface area contributed by atoms with Crippen molar-refractivity contribution in [2.24, 2.45) is 0 Å². The normalized spacial score (nSPS) is 10.6. The second kappa shape index (κ2) is 5.22. The Morgan fingerprint density at radius 1 is 0.842 bits per heavy atom. The molecule has 0 heterocycles. The first kappa shape index (κ1) is 13.3. The topological polar surface area (TPSA) is 60.7 Å². The van der Waals surface area contributed by atoms with E-state index >= 15 is 0 Å². The Balaban J connectivity index is 2.62. The van der Waals surface area contributed by atoms with Crippen LogP contribution in [0.2, 0.25) is 0 Å². The highest BCUT2D eigenvalue weighted by molar-refractivity contribution is 5.78. The van der Waals surface area contributed by atoms with Crippen molar-refractivity contribution in [3.8, 4) is 28.4 Å². The highest BCUT2D eigenvalue weighted by Crippen LogP contribution is 2.44. The number of phenolic OH excluding ortho intramolecular Hbond substituents is 3. The van der Waals surface area contributed by atoms with Crippen molar-refractivity contribution in [3.63, 3.8) is 0 Å². The van der Waals surface area contributed by atoms with Gasteiger partial charge >= 0.3 is 0 Å². The Morgan fingerprint density at radius 3 is 2.00 bits per heavy atom. The number of aromatic hydroxyl groups is 3. The van der Waals surface area contributed by atoms with Gasteiger partial charge in [-0.2, -0.15) is 0 Å². The van der Waals surface area contributed by atoms with E-state index in [1.54, 1.807) is 0 Å². The molecule has 0 radical (unpaired) electrons. The van der Waals surface area contributed by atoms with E-state index in [0.29, 0.717) is 12.0 Å². The molecule has 0 atom stereocenters. The summed E-state index contributed by atoms with van der Waals surface area (Å²) < 4.78 is 0. The molecule has 0 aliphatic carbocycles. The van der Waals surface area contributed by atoms with Gasteiger partial charge in [0.05, 0.1) is 0 Å². The molecule has 2 aromatic rings. The van der Waals surface area contributed by atoms with E-state index in [1.165, 1.54) is 11.6 Å². The zero-order valence-electron chi connectivity index (χ0n) is 11.1. The zero-order valence-corrected chi connectivity index (χ0v) is 11.1. The summed E-state index contributed by atoms with van der Waals surface area (Å²) >= 11 is 0. The average molecular weight is 258 g/mol. The fourth-order valence-electron chi connectivity index (χ4n) is 2.21. The van der Waals surface area contributed by atoms with E-state index in [2.05, 4.69) is 6.92 Å². The molecule has 100 valence electrons. The Kier molecular flexibility index (Phi) is 3.65. The van der Waals surface area contributed by atoms with Gasteiger partial charge in [0.2, 0.25) is 5.75 Å². The number of rotatable bonds is 3. The van der Waals surface area contributed by atoms with Gasteiger partial charge in [-0.1, -0.05) is 38.1 Å². The maximum atomic E-state index is 10.1. The fourth-order valence-corrected chi connectivity index (χ4v) is 2.21. The van der Waals surface area contributed by atoms with Crippen LogP contribution in [0.25, 0.3) is 11.1 Å². The van der Waals surface area contributed by atoms with Crippen molar-refractivity contribution >= 4 is 0 Å². The molecule has 0 aromatic heterocycles. The summed E-state index contributed by atoms with van der Waals surface area (Å²) in [5.74, 6) is -1.02. The van der Waals surface area contributed by atoms with E-state index in [0.717, 1.165) is 17.5 Å². The molecular formula is C16H18O3. The standard InChI is InChI=1S/C16H18O3/c1-3-10-5-7-12(8-6-10)14-11(4-2)9-13(17)15(18)16(14)19/h5-9,17-19H,3-4H2,1-2H3. The predicted octanol–water partition coefficient (Wildman–Crippen LogP) is 3.60. The third-order valence-electron chi connectivity index (χ3n) is 3.37. The van der Waals surface area contributed by atoms with E-state index in [-0.39, 0.29) is 11.5 Å². The van der Waals surface area contributed by atoms with Crippen LogP contribution in [0, 0.1) is 0 Å². The van der Waals surface area contributed by atoms with Crippen molar-refractivity contribution in [3.05, 3.63) is 41.5 Å². The molecular weight excluding hydrogens is 240 g/mol. The molecule has 3 heteroatoms. The molecule has 0 unspecified atom stereocenters. The van der Waals surface area contributed by atoms with Crippen LogP contribution in [0.4, 0.5) is 0 Å². The summed E-state index contributed by atoms with van der Waals surface area (Å²) in [6, 6.07) is 9.33. The lowest BCUT2D eigenvalue weighted by atomic mass is 9.95. The van der Waals surface area contributed by atoms with Crippen molar-refractivity contribution in [1.82, 2.24) is 0 Å². The number of hydrogen-bond acceptors (Lipinski definition) is 3. The third kappa shape index (κ3) is 2.36. The van der Waals surface area contributed by atoms with Crippen LogP contribution in [0.15, 0.2) is 30.3 Å². The van der Waals surface area contributed by atoms with Crippen molar-refractivity contribution in [2.75, 3.05) is 0 Å². The molecule has 0 aliphatic rings. The van der Waals surface area contributed by atoms with Crippen LogP contribution in [0.1, 0.15) is 25.0 Å². The molecule has 0 spiro atoms. The first-order valence-electron chi connectivity index (χ1n) is 6.44. The summed E-state index contributed by atoms with van der Waals surface area (Å²) in [5.41, 5.74) is 3.43. The van der Waals surface area contributed by atoms with Gasteiger partial charge < -0.3 is 15.3 Å². The van der Waals surface area contributed by atoms with E-state index < -0.39 is 5.75 Å². The van der Waals surface area contributed by atoms with Gasteiger partial charge in [-0.3, -0.25) is 0 Å². The molecule has 0 aliphatic heterocycles. The Morgan fingerprint density at radius 2 is 1.47 bits per heavy atom. The lowest BCUT2D eigenvalue weighted by Gasteiger charge is -2.13. The van der Waals surface area contributed by atoms with Crippen LogP contribution in [-0.2, 0) is 12.8 Å². The fraction of sp³-hybridized carbons (Fsp3) is 0.250. The largest absolute Gasteiger partial charge is 0.504 e. The molecule has 0 fully saturated rings. The van der Waals surface area contributed by atoms with E-state index in [4.69, 9.17) is 0 Å². The average Bonchev–Trinajstić information content (AvgIpc) is 2.44. The van der Waals surface area contributed by atoms with Gasteiger partial charge in [-0.05, 0) is 35.6 Å². The van der Waals surface area contributed by atoms with Gasteiger partial charge in [0, 0.05) is 5.56 Å². The number of phenols is 3. The Hall–Kier alpha value is -2.16. The minimum absolute atomic E-state index is 0.263. The van der Waals surface area contributed by atoms with Crippen molar-refractivity contribution < 1.29 is 15.3 Å². The van der Waals surface area contributed by atoms with E-state index in [1.807, 2.05) is 31.2 Å². The highest BCUT2D eigenvalue weighted by Gasteiger charge is 2.17. The monoisotopic (exact) mass is 258 g/mol. The predicted molar refractivity (Wildman–Crippen MR) is 75.6 cm³/mol. The quantitative estimate of drug-likeness (QED) is 0.737. The molecule has 3 N–H and O–H groups in total. The summed E-state index contributed by atoms with van der Waals surface area (Å²) in [4.78, 5) is 0. The summed E-state index contributed by atoms with van der Waals surface area (Å²) in [6.07, 6.45) is 1.61. The zero-order chi connectivity index (χ0) is 14.0. The highest BCUT2D eigenvalue weighted by atomic mass is 16.3. The van der Waals surface area contributed by atoms with Gasteiger partial charge in [0.15, 0.2) is 11.5 Å². The first-order valence-corrected chi connectivity index (χ1v) is 6.44. The number of hydrogen-bond donors (Lipinski definition) is 3. The van der Waals surface area contributed by atoms with Gasteiger partial charge in [0.25, 0.3) is 0 Å². The smallest absolute Gasteiger partial charge is 0.200 e. The van der Waals surface area contributed by atoms with Crippen molar-refractivity contribution in [1.29, 1.82) is 0 Å². The van der Waals surface area contributed by atoms with Gasteiger partial charge in [-0.25, -0.2) is 0 Å². The number of benzene rings is 2. The molecule has 2 rings (SSSR count). The van der Waals surface area contributed by atoms with Crippen LogP contribution in [0.3, 0.4) is 0 Å². The SMILES string of the molecule is CCc1ccc(-c2c(CC)cc(O)c(O)c2O)cc1. The Labute approximate surface area is 112 Å².